The average Bonchev–Trinajstić information content (AvgIpc) is 2.97. The molecule has 1 saturated heterocycles. The standard InChI is InChI=1S/C31H34ClN5O4S/c1-31(2)29(38)28(36-30(34-20-33)35-24-10-8-23(32)9-11-24)26-19-25(12-13-27(26)41-31)42(39,40)37-16-14-22(15-17-37)18-21-6-4-3-5-7-21/h3-13,19,22,28-29,38H,14-18H2,1-2H3,(H2,34,35,36)/t28-,29+/m1/s1. The van der Waals surface area contributed by atoms with Gasteiger partial charge in [0.15, 0.2) is 6.19 Å². The van der Waals surface area contributed by atoms with Gasteiger partial charge in [-0.1, -0.05) is 41.9 Å². The number of ether oxygens (including phenoxy) is 1. The molecule has 0 aromatic heterocycles. The zero-order valence-electron chi connectivity index (χ0n) is 23.5. The van der Waals surface area contributed by atoms with Gasteiger partial charge in [0.2, 0.25) is 16.0 Å². The molecule has 2 aliphatic heterocycles. The van der Waals surface area contributed by atoms with Gasteiger partial charge in [-0.05, 0) is 87.1 Å². The summed E-state index contributed by atoms with van der Waals surface area (Å²) in [4.78, 5) is 4.76. The molecule has 0 bridgehead atoms. The van der Waals surface area contributed by atoms with E-state index in [-0.39, 0.29) is 10.9 Å². The third-order valence-corrected chi connectivity index (χ3v) is 9.96. The lowest BCUT2D eigenvalue weighted by molar-refractivity contribution is -0.0568. The third kappa shape index (κ3) is 6.55. The summed E-state index contributed by atoms with van der Waals surface area (Å²) in [6.45, 7) is 4.34. The first kappa shape index (κ1) is 29.9. The first-order valence-corrected chi connectivity index (χ1v) is 15.7. The van der Waals surface area contributed by atoms with Gasteiger partial charge >= 0.3 is 0 Å². The van der Waals surface area contributed by atoms with Gasteiger partial charge < -0.3 is 15.2 Å². The Morgan fingerprint density at radius 3 is 2.48 bits per heavy atom. The molecular weight excluding hydrogens is 574 g/mol. The summed E-state index contributed by atoms with van der Waals surface area (Å²) in [5.41, 5.74) is 1.27. The van der Waals surface area contributed by atoms with Crippen LogP contribution in [-0.4, -0.2) is 48.6 Å². The monoisotopic (exact) mass is 607 g/mol. The molecule has 3 N–H and O–H groups in total. The Kier molecular flexibility index (Phi) is 8.76. The number of guanidine groups is 1. The van der Waals surface area contributed by atoms with Gasteiger partial charge in [-0.15, -0.1) is 0 Å². The van der Waals surface area contributed by atoms with Gasteiger partial charge in [0, 0.05) is 29.4 Å². The topological polar surface area (TPSA) is 127 Å². The van der Waals surface area contributed by atoms with Crippen LogP contribution in [0.4, 0.5) is 5.69 Å². The zero-order chi connectivity index (χ0) is 29.9. The molecule has 9 nitrogen and oxygen atoms in total. The quantitative estimate of drug-likeness (QED) is 0.154. The van der Waals surface area contributed by atoms with E-state index >= 15 is 0 Å². The lowest BCUT2D eigenvalue weighted by atomic mass is 9.87. The highest BCUT2D eigenvalue weighted by Crippen LogP contribution is 2.43. The number of nitriles is 1. The van der Waals surface area contributed by atoms with E-state index in [2.05, 4.69) is 27.8 Å². The van der Waals surface area contributed by atoms with Crippen LogP contribution >= 0.6 is 11.6 Å². The van der Waals surface area contributed by atoms with Crippen molar-refractivity contribution in [1.29, 1.82) is 5.26 Å². The van der Waals surface area contributed by atoms with Crippen molar-refractivity contribution < 1.29 is 18.3 Å². The van der Waals surface area contributed by atoms with Crippen LogP contribution in [0.3, 0.4) is 0 Å². The van der Waals surface area contributed by atoms with E-state index in [9.17, 15) is 18.8 Å². The number of anilines is 1. The second-order valence-corrected chi connectivity index (χ2v) is 13.6. The molecule has 0 radical (unpaired) electrons. The second kappa shape index (κ2) is 12.3. The van der Waals surface area contributed by atoms with Gasteiger partial charge in [0.25, 0.3) is 0 Å². The summed E-state index contributed by atoms with van der Waals surface area (Å²) in [6.07, 6.45) is 3.21. The minimum absolute atomic E-state index is 0.0845. The number of nitrogens with zero attached hydrogens (tertiary/aromatic N) is 3. The fraction of sp³-hybridized carbons (Fsp3) is 0.355. The molecule has 0 aliphatic carbocycles. The number of hydrogen-bond donors (Lipinski definition) is 3. The number of halogens is 1. The maximum atomic E-state index is 13.8. The predicted molar refractivity (Wildman–Crippen MR) is 163 cm³/mol. The zero-order valence-corrected chi connectivity index (χ0v) is 25.1. The van der Waals surface area contributed by atoms with Gasteiger partial charge in [0.05, 0.1) is 4.90 Å². The van der Waals surface area contributed by atoms with Gasteiger partial charge in [-0.3, -0.25) is 5.32 Å². The van der Waals surface area contributed by atoms with Gasteiger partial charge in [-0.2, -0.15) is 9.57 Å². The Balaban J connectivity index is 1.41. The van der Waals surface area contributed by atoms with Crippen molar-refractivity contribution in [2.75, 3.05) is 18.4 Å². The van der Waals surface area contributed by atoms with E-state index in [1.54, 1.807) is 50.2 Å². The number of sulfonamides is 1. The normalized spacial score (nSPS) is 21.1. The fourth-order valence-corrected chi connectivity index (χ4v) is 7.08. The van der Waals surface area contributed by atoms with Crippen LogP contribution in [0.15, 0.2) is 82.7 Å². The van der Waals surface area contributed by atoms with Crippen molar-refractivity contribution in [2.45, 2.75) is 55.8 Å². The van der Waals surface area contributed by atoms with Crippen LogP contribution in [0.25, 0.3) is 0 Å². The van der Waals surface area contributed by atoms with E-state index < -0.39 is 27.8 Å². The van der Waals surface area contributed by atoms with Gasteiger partial charge in [0.1, 0.15) is 23.5 Å². The molecule has 11 heteroatoms. The van der Waals surface area contributed by atoms with Gasteiger partial charge in [-0.25, -0.2) is 13.4 Å². The summed E-state index contributed by atoms with van der Waals surface area (Å²) >= 11 is 5.99. The maximum Gasteiger partial charge on any atom is 0.243 e. The van der Waals surface area contributed by atoms with Crippen LogP contribution in [-0.2, 0) is 16.4 Å². The number of rotatable bonds is 6. The number of aliphatic hydroxyl groups excluding tert-OH is 1. The van der Waals surface area contributed by atoms with E-state index in [0.29, 0.717) is 41.0 Å². The van der Waals surface area contributed by atoms with Crippen molar-refractivity contribution >= 4 is 33.3 Å². The van der Waals surface area contributed by atoms with Crippen molar-refractivity contribution in [3.63, 3.8) is 0 Å². The molecule has 3 aromatic rings. The number of hydrogen-bond acceptors (Lipinski definition) is 6. The summed E-state index contributed by atoms with van der Waals surface area (Å²) in [7, 11) is -3.80. The Labute approximate surface area is 251 Å². The predicted octanol–water partition coefficient (Wildman–Crippen LogP) is 5.10. The van der Waals surface area contributed by atoms with Crippen molar-refractivity contribution in [2.24, 2.45) is 10.9 Å². The number of fused-ring (bicyclic) bond motifs is 1. The highest BCUT2D eigenvalue weighted by Gasteiger charge is 2.44. The summed E-state index contributed by atoms with van der Waals surface area (Å²) < 4.78 is 35.1. The molecule has 1 fully saturated rings. The molecular formula is C31H34ClN5O4S. The van der Waals surface area contributed by atoms with E-state index in [4.69, 9.17) is 16.3 Å². The van der Waals surface area contributed by atoms with E-state index in [1.165, 1.54) is 15.9 Å². The molecule has 5 rings (SSSR count). The smallest absolute Gasteiger partial charge is 0.243 e. The minimum atomic E-state index is -3.80. The molecule has 0 amide bonds. The lowest BCUT2D eigenvalue weighted by Crippen LogP contribution is -2.49. The first-order valence-electron chi connectivity index (χ1n) is 13.9. The molecule has 3 aromatic carbocycles. The largest absolute Gasteiger partial charge is 0.485 e. The molecule has 42 heavy (non-hydrogen) atoms. The van der Waals surface area contributed by atoms with E-state index in [1.807, 2.05) is 24.4 Å². The Bertz CT molecular complexity index is 1580. The molecule has 220 valence electrons. The fourth-order valence-electron chi connectivity index (χ4n) is 5.45. The molecule has 2 atom stereocenters. The van der Waals surface area contributed by atoms with Crippen LogP contribution < -0.4 is 15.4 Å². The summed E-state index contributed by atoms with van der Waals surface area (Å²) in [6, 6.07) is 20.9. The number of aliphatic imine (C=N–C) groups is 1. The number of nitrogens with one attached hydrogen (secondary N) is 2. The van der Waals surface area contributed by atoms with Crippen LogP contribution in [0.2, 0.25) is 5.02 Å². The second-order valence-electron chi connectivity index (χ2n) is 11.2. The van der Waals surface area contributed by atoms with Crippen LogP contribution in [0.1, 0.15) is 43.9 Å². The average molecular weight is 608 g/mol. The summed E-state index contributed by atoms with van der Waals surface area (Å²) in [5.74, 6) is 0.926. The molecule has 0 unspecified atom stereocenters. The first-order chi connectivity index (χ1) is 20.1. The van der Waals surface area contributed by atoms with Crippen molar-refractivity contribution in [1.82, 2.24) is 9.62 Å². The number of aliphatic hydroxyl groups is 1. The Morgan fingerprint density at radius 2 is 1.81 bits per heavy atom. The SMILES string of the molecule is CC1(C)Oc2ccc(S(=O)(=O)N3CCC(Cc4ccccc4)CC3)cc2[C@@H](N=C(NC#N)Nc2ccc(Cl)cc2)[C@@H]1O. The number of piperidine rings is 1. The van der Waals surface area contributed by atoms with Crippen LogP contribution in [0, 0.1) is 17.4 Å². The van der Waals surface area contributed by atoms with Crippen molar-refractivity contribution in [3.8, 4) is 11.9 Å². The van der Waals surface area contributed by atoms with E-state index in [0.717, 1.165) is 19.3 Å². The van der Waals surface area contributed by atoms with Crippen molar-refractivity contribution in [3.05, 3.63) is 88.9 Å². The Morgan fingerprint density at radius 1 is 1.12 bits per heavy atom. The highest BCUT2D eigenvalue weighted by molar-refractivity contribution is 7.89. The Hall–Kier alpha value is -3.62. The molecule has 0 saturated carbocycles. The highest BCUT2D eigenvalue weighted by atomic mass is 35.5. The lowest BCUT2D eigenvalue weighted by Gasteiger charge is -2.41. The molecule has 2 aliphatic rings. The third-order valence-electron chi connectivity index (χ3n) is 7.81. The van der Waals surface area contributed by atoms with Crippen LogP contribution in [0.5, 0.6) is 5.75 Å². The molecule has 0 spiro atoms. The summed E-state index contributed by atoms with van der Waals surface area (Å²) in [5, 5.41) is 26.8. The minimum Gasteiger partial charge on any atom is -0.485 e. The number of benzene rings is 3. The maximum absolute atomic E-state index is 13.8. The molecule has 2 heterocycles.